The lowest BCUT2D eigenvalue weighted by Gasteiger charge is -2.16. The number of benzene rings is 2. The van der Waals surface area contributed by atoms with Gasteiger partial charge in [-0.15, -0.1) is 0 Å². The SMILES string of the molecule is COC(=O)[C@H]1CNCC1Cc1cccc(OCCc2nc(-c3ccccc3)oc2C)c1. The molecule has 6 heteroatoms. The van der Waals surface area contributed by atoms with E-state index in [-0.39, 0.29) is 17.8 Å². The molecular formula is C25H28N2O4. The first-order valence-corrected chi connectivity index (χ1v) is 10.7. The maximum absolute atomic E-state index is 12.0. The van der Waals surface area contributed by atoms with E-state index in [0.29, 0.717) is 25.5 Å². The molecule has 162 valence electrons. The highest BCUT2D eigenvalue weighted by molar-refractivity contribution is 5.73. The molecule has 0 aliphatic carbocycles. The smallest absolute Gasteiger partial charge is 0.310 e. The van der Waals surface area contributed by atoms with Crippen LogP contribution in [0.4, 0.5) is 0 Å². The highest BCUT2D eigenvalue weighted by Gasteiger charge is 2.33. The van der Waals surface area contributed by atoms with Crippen molar-refractivity contribution in [1.82, 2.24) is 10.3 Å². The maximum Gasteiger partial charge on any atom is 0.310 e. The van der Waals surface area contributed by atoms with Crippen molar-refractivity contribution < 1.29 is 18.7 Å². The fourth-order valence-corrected chi connectivity index (χ4v) is 4.07. The number of ether oxygens (including phenoxy) is 2. The second-order valence-corrected chi connectivity index (χ2v) is 7.89. The molecule has 2 atom stereocenters. The highest BCUT2D eigenvalue weighted by atomic mass is 16.5. The Bertz CT molecular complexity index is 1020. The fraction of sp³-hybridized carbons (Fsp3) is 0.360. The average molecular weight is 421 g/mol. The van der Waals surface area contributed by atoms with Gasteiger partial charge in [0.05, 0.1) is 25.3 Å². The number of hydrogen-bond acceptors (Lipinski definition) is 6. The lowest BCUT2D eigenvalue weighted by atomic mass is 9.89. The summed E-state index contributed by atoms with van der Waals surface area (Å²) in [6, 6.07) is 18.0. The zero-order valence-corrected chi connectivity index (χ0v) is 18.0. The lowest BCUT2D eigenvalue weighted by molar-refractivity contribution is -0.146. The number of methoxy groups -OCH3 is 1. The van der Waals surface area contributed by atoms with Crippen LogP contribution in [-0.4, -0.2) is 37.8 Å². The number of esters is 1. The van der Waals surface area contributed by atoms with Gasteiger partial charge in [-0.2, -0.15) is 0 Å². The minimum Gasteiger partial charge on any atom is -0.493 e. The minimum atomic E-state index is -0.139. The number of nitrogens with one attached hydrogen (secondary N) is 1. The molecule has 0 saturated carbocycles. The van der Waals surface area contributed by atoms with Gasteiger partial charge in [-0.3, -0.25) is 4.79 Å². The normalized spacial score (nSPS) is 18.1. The Morgan fingerprint density at radius 3 is 2.81 bits per heavy atom. The molecule has 1 fully saturated rings. The largest absolute Gasteiger partial charge is 0.493 e. The Labute approximate surface area is 182 Å². The van der Waals surface area contributed by atoms with Gasteiger partial charge in [-0.05, 0) is 55.6 Å². The third-order valence-electron chi connectivity index (χ3n) is 5.76. The number of hydrogen-bond donors (Lipinski definition) is 1. The van der Waals surface area contributed by atoms with E-state index in [2.05, 4.69) is 22.4 Å². The number of aromatic nitrogens is 1. The molecule has 1 aliphatic heterocycles. The number of aryl methyl sites for hydroxylation is 1. The maximum atomic E-state index is 12.0. The monoisotopic (exact) mass is 420 g/mol. The van der Waals surface area contributed by atoms with Crippen LogP contribution in [-0.2, 0) is 22.4 Å². The molecule has 31 heavy (non-hydrogen) atoms. The van der Waals surface area contributed by atoms with E-state index in [0.717, 1.165) is 41.3 Å². The van der Waals surface area contributed by atoms with Crippen LogP contribution in [0.25, 0.3) is 11.5 Å². The number of rotatable bonds is 8. The van der Waals surface area contributed by atoms with E-state index in [4.69, 9.17) is 13.9 Å². The molecule has 1 saturated heterocycles. The van der Waals surface area contributed by atoms with Gasteiger partial charge in [-0.25, -0.2) is 4.98 Å². The molecule has 1 N–H and O–H groups in total. The number of carbonyl (C=O) groups excluding carboxylic acids is 1. The van der Waals surface area contributed by atoms with Gasteiger partial charge in [0.2, 0.25) is 5.89 Å². The summed E-state index contributed by atoms with van der Waals surface area (Å²) in [5.41, 5.74) is 3.04. The highest BCUT2D eigenvalue weighted by Crippen LogP contribution is 2.25. The van der Waals surface area contributed by atoms with E-state index in [1.54, 1.807) is 0 Å². The van der Waals surface area contributed by atoms with Gasteiger partial charge >= 0.3 is 5.97 Å². The second-order valence-electron chi connectivity index (χ2n) is 7.89. The lowest BCUT2D eigenvalue weighted by Crippen LogP contribution is -2.25. The Kier molecular flexibility index (Phi) is 6.67. The van der Waals surface area contributed by atoms with Gasteiger partial charge in [0.25, 0.3) is 0 Å². The van der Waals surface area contributed by atoms with E-state index in [9.17, 15) is 4.79 Å². The molecule has 1 aromatic heterocycles. The quantitative estimate of drug-likeness (QED) is 0.559. The van der Waals surface area contributed by atoms with Crippen LogP contribution in [0.2, 0.25) is 0 Å². The van der Waals surface area contributed by atoms with Crippen molar-refractivity contribution in [3.8, 4) is 17.2 Å². The van der Waals surface area contributed by atoms with Crippen LogP contribution < -0.4 is 10.1 Å². The van der Waals surface area contributed by atoms with Crippen molar-refractivity contribution in [1.29, 1.82) is 0 Å². The van der Waals surface area contributed by atoms with Crippen molar-refractivity contribution in [3.05, 3.63) is 71.6 Å². The predicted molar refractivity (Wildman–Crippen MR) is 118 cm³/mol. The molecule has 2 heterocycles. The van der Waals surface area contributed by atoms with Gasteiger partial charge in [0.1, 0.15) is 11.5 Å². The molecule has 6 nitrogen and oxygen atoms in total. The summed E-state index contributed by atoms with van der Waals surface area (Å²) in [7, 11) is 1.45. The summed E-state index contributed by atoms with van der Waals surface area (Å²) in [5, 5.41) is 3.30. The van der Waals surface area contributed by atoms with Crippen LogP contribution in [0.5, 0.6) is 5.75 Å². The molecule has 4 rings (SSSR count). The van der Waals surface area contributed by atoms with E-state index < -0.39 is 0 Å². The summed E-state index contributed by atoms with van der Waals surface area (Å²) in [5.74, 6) is 2.28. The Balaban J connectivity index is 1.34. The predicted octanol–water partition coefficient (Wildman–Crippen LogP) is 3.82. The van der Waals surface area contributed by atoms with Gasteiger partial charge in [0.15, 0.2) is 0 Å². The Morgan fingerprint density at radius 2 is 2.00 bits per heavy atom. The molecule has 0 bridgehead atoms. The van der Waals surface area contributed by atoms with E-state index in [1.165, 1.54) is 7.11 Å². The molecular weight excluding hydrogens is 392 g/mol. The zero-order valence-electron chi connectivity index (χ0n) is 18.0. The van der Waals surface area contributed by atoms with Gasteiger partial charge < -0.3 is 19.2 Å². The molecule has 2 aromatic carbocycles. The third kappa shape index (κ3) is 5.14. The molecule has 0 radical (unpaired) electrons. The molecule has 1 aliphatic rings. The number of nitrogens with zero attached hydrogens (tertiary/aromatic N) is 1. The zero-order chi connectivity index (χ0) is 21.6. The van der Waals surface area contributed by atoms with Crippen molar-refractivity contribution in [2.75, 3.05) is 26.8 Å². The number of carbonyl (C=O) groups is 1. The first kappa shape index (κ1) is 21.1. The van der Waals surface area contributed by atoms with Crippen molar-refractivity contribution in [3.63, 3.8) is 0 Å². The first-order valence-electron chi connectivity index (χ1n) is 10.7. The van der Waals surface area contributed by atoms with Crippen LogP contribution >= 0.6 is 0 Å². The first-order chi connectivity index (χ1) is 15.1. The van der Waals surface area contributed by atoms with E-state index in [1.807, 2.05) is 49.4 Å². The average Bonchev–Trinajstić information content (AvgIpc) is 3.41. The Hall–Kier alpha value is -3.12. The van der Waals surface area contributed by atoms with Crippen molar-refractivity contribution in [2.24, 2.45) is 11.8 Å². The van der Waals surface area contributed by atoms with Gasteiger partial charge in [-0.1, -0.05) is 30.3 Å². The summed E-state index contributed by atoms with van der Waals surface area (Å²) in [4.78, 5) is 16.6. The summed E-state index contributed by atoms with van der Waals surface area (Å²) < 4.78 is 16.8. The summed E-state index contributed by atoms with van der Waals surface area (Å²) in [6.07, 6.45) is 1.48. The number of oxazole rings is 1. The van der Waals surface area contributed by atoms with Crippen LogP contribution in [0, 0.1) is 18.8 Å². The molecule has 1 unspecified atom stereocenters. The standard InChI is InChI=1S/C25H28N2O4/c1-17-23(27-24(31-17)19-8-4-3-5-9-19)11-12-30-21-10-6-7-18(14-21)13-20-15-26-16-22(20)25(28)29-2/h3-10,14,20,22,26H,11-13,15-16H2,1-2H3/t20?,22-/m0/s1. The molecule has 0 spiro atoms. The van der Waals surface area contributed by atoms with Crippen molar-refractivity contribution in [2.45, 2.75) is 19.8 Å². The minimum absolute atomic E-state index is 0.0940. The molecule has 3 aromatic rings. The summed E-state index contributed by atoms with van der Waals surface area (Å²) >= 11 is 0. The third-order valence-corrected chi connectivity index (χ3v) is 5.76. The molecule has 0 amide bonds. The van der Waals surface area contributed by atoms with Crippen LogP contribution in [0.3, 0.4) is 0 Å². The van der Waals surface area contributed by atoms with Crippen LogP contribution in [0.15, 0.2) is 59.0 Å². The Morgan fingerprint density at radius 1 is 1.16 bits per heavy atom. The van der Waals surface area contributed by atoms with Crippen molar-refractivity contribution >= 4 is 5.97 Å². The van der Waals surface area contributed by atoms with E-state index >= 15 is 0 Å². The van der Waals surface area contributed by atoms with Crippen LogP contribution in [0.1, 0.15) is 17.0 Å². The topological polar surface area (TPSA) is 73.6 Å². The summed E-state index contributed by atoms with van der Waals surface area (Å²) in [6.45, 7) is 3.94. The van der Waals surface area contributed by atoms with Gasteiger partial charge in [0, 0.05) is 18.5 Å². The fourth-order valence-electron chi connectivity index (χ4n) is 4.07. The second kappa shape index (κ2) is 9.79.